The lowest BCUT2D eigenvalue weighted by atomic mass is 9.99. The van der Waals surface area contributed by atoms with E-state index in [2.05, 4.69) is 83.8 Å². The van der Waals surface area contributed by atoms with Gasteiger partial charge in [0.25, 0.3) is 0 Å². The van der Waals surface area contributed by atoms with Crippen LogP contribution in [0.5, 0.6) is 0 Å². The molecule has 3 saturated heterocycles. The maximum atomic E-state index is 15.4. The first-order chi connectivity index (χ1) is 61.8. The Kier molecular flexibility index (Phi) is 43.7. The van der Waals surface area contributed by atoms with Gasteiger partial charge in [0.15, 0.2) is 11.9 Å². The van der Waals surface area contributed by atoms with E-state index in [1.807, 2.05) is 0 Å². The maximum Gasteiger partial charge on any atom is 0.246 e. The molecule has 33 N–H and O–H groups in total. The van der Waals surface area contributed by atoms with Crippen molar-refractivity contribution in [3.05, 3.63) is 72.1 Å². The van der Waals surface area contributed by atoms with E-state index in [1.54, 1.807) is 74.8 Å². The number of aliphatic hydroxyl groups is 1. The van der Waals surface area contributed by atoms with E-state index >= 15 is 47.9 Å². The smallest absolute Gasteiger partial charge is 0.246 e. The van der Waals surface area contributed by atoms with E-state index < -0.39 is 173 Å². The third-order valence-electron chi connectivity index (χ3n) is 23.3. The maximum absolute atomic E-state index is 15.4. The molecule has 0 spiro atoms. The van der Waals surface area contributed by atoms with Gasteiger partial charge >= 0.3 is 0 Å². The second-order valence-electron chi connectivity index (χ2n) is 34.0. The standard InChI is InChI=1S/C87H141N27O15/c1-50(2)45-66-79(123)106-61(29-11-16-38-90)76(120)103-60(28-10-15-37-89)74(118)104-63(32-19-41-97-86(93)94)77(121)105-64(33-20-42-98-87(95)96)78(122)110-67(46-53-48-99-57-25-7-5-23-55(53)57)80(124)107-62(30-12-17-39-91)75(119)102-59(27-9-14-36-88)73(117)101-51(3)72(116)108-65(31-13-18-40-92)84(128)114-44-22-35-70(114)85(129)113-43-21-34-69(113)82(126)112-71(52(4)115)83(127)111-68(81(125)109-66)47-54-49-100-58-26-8-6-24-56(54)58/h5-8,23-26,48-52,59-71,99-100,115H,9-22,27-47,88-92H2,1-4H3,(H,101,117)(H,102,119)(H,103,120)(H,104,118)(H,105,121)(H,106,123)(H,107,124)(H,108,116)(H,109,125)(H,110,122)(H,111,127)(H,112,126)(H4,93,94,97)(H4,95,96,98)/t51-,52+,59-,60-,61-,62-,63-,64-,65-,66-,67-,68-,69-,70+,71-/m0/s1. The van der Waals surface area contributed by atoms with Crippen molar-refractivity contribution in [3.63, 3.8) is 0 Å². The number of guanidine groups is 2. The highest BCUT2D eigenvalue weighted by molar-refractivity contribution is 6.02. The van der Waals surface area contributed by atoms with Crippen LogP contribution in [0.2, 0.25) is 0 Å². The molecule has 15 atom stereocenters. The van der Waals surface area contributed by atoms with E-state index in [-0.39, 0.29) is 186 Å². The van der Waals surface area contributed by atoms with Gasteiger partial charge in [-0.2, -0.15) is 0 Å². The summed E-state index contributed by atoms with van der Waals surface area (Å²) in [6, 6.07) is -5.66. The minimum atomic E-state index is -1.76. The van der Waals surface area contributed by atoms with Gasteiger partial charge in [0.05, 0.1) is 6.10 Å². The third-order valence-corrected chi connectivity index (χ3v) is 23.3. The number of amides is 14. The zero-order chi connectivity index (χ0) is 94.2. The Morgan fingerprint density at radius 1 is 0.372 bits per heavy atom. The lowest BCUT2D eigenvalue weighted by Gasteiger charge is -2.34. The van der Waals surface area contributed by atoms with Gasteiger partial charge in [-0.15, -0.1) is 0 Å². The quantitative estimate of drug-likeness (QED) is 0.0120. The Bertz CT molecular complexity index is 4430. The molecule has 3 aliphatic heterocycles. The van der Waals surface area contributed by atoms with Crippen LogP contribution in [0.4, 0.5) is 0 Å². The van der Waals surface area contributed by atoms with Gasteiger partial charge in [0.1, 0.15) is 84.6 Å². The molecule has 0 unspecified atom stereocenters. The summed E-state index contributed by atoms with van der Waals surface area (Å²) in [5.74, 6) is -12.6. The Hall–Kier alpha value is -11.6. The highest BCUT2D eigenvalue weighted by Gasteiger charge is 2.46. The predicted molar refractivity (Wildman–Crippen MR) is 488 cm³/mol. The molecule has 3 aliphatic rings. The van der Waals surface area contributed by atoms with Crippen molar-refractivity contribution in [2.75, 3.05) is 58.9 Å². The van der Waals surface area contributed by atoms with Gasteiger partial charge < -0.3 is 140 Å². The number of para-hydroxylation sites is 2. The summed E-state index contributed by atoms with van der Waals surface area (Å²) in [6.45, 7) is 7.23. The number of H-pyrrole nitrogens is 2. The molecule has 3 fully saturated rings. The number of nitrogens with one attached hydrogen (secondary N) is 14. The monoisotopic (exact) mass is 1800 g/mol. The first-order valence-electron chi connectivity index (χ1n) is 45.5. The number of carbonyl (C=O) groups excluding carboxylic acids is 14. The van der Waals surface area contributed by atoms with Crippen LogP contribution in [-0.4, -0.2) is 269 Å². The Morgan fingerprint density at radius 2 is 0.690 bits per heavy atom. The molecule has 4 aromatic rings. The number of nitrogens with two attached hydrogens (primary N) is 9. The van der Waals surface area contributed by atoms with E-state index in [4.69, 9.17) is 51.6 Å². The average Bonchev–Trinajstić information content (AvgIpc) is 1.66. The van der Waals surface area contributed by atoms with Crippen LogP contribution < -0.4 is 115 Å². The zero-order valence-corrected chi connectivity index (χ0v) is 74.9. The van der Waals surface area contributed by atoms with Crippen molar-refractivity contribution < 1.29 is 72.2 Å². The fraction of sp³-hybridized carbons (Fsp3) is 0.632. The number of nitrogens with zero attached hydrogens (tertiary/aromatic N) is 4. The van der Waals surface area contributed by atoms with Gasteiger partial charge in [-0.3, -0.25) is 77.1 Å². The van der Waals surface area contributed by atoms with Crippen LogP contribution in [0.25, 0.3) is 21.8 Å². The highest BCUT2D eigenvalue weighted by atomic mass is 16.3. The lowest BCUT2D eigenvalue weighted by molar-refractivity contribution is -0.148. The van der Waals surface area contributed by atoms with Crippen molar-refractivity contribution in [1.82, 2.24) is 83.6 Å². The number of hydrogen-bond donors (Lipinski definition) is 24. The number of aliphatic hydroxyl groups excluding tert-OH is 1. The minimum absolute atomic E-state index is 0.0145. The second kappa shape index (κ2) is 54.0. The number of carbonyl (C=O) groups is 14. The first kappa shape index (κ1) is 104. The van der Waals surface area contributed by atoms with Crippen LogP contribution in [0.1, 0.15) is 193 Å². The molecule has 2 aromatic heterocycles. The molecule has 129 heavy (non-hydrogen) atoms. The molecule has 2 aromatic carbocycles. The van der Waals surface area contributed by atoms with Gasteiger partial charge in [-0.1, -0.05) is 50.2 Å². The second-order valence-corrected chi connectivity index (χ2v) is 34.0. The fourth-order valence-corrected chi connectivity index (χ4v) is 16.3. The molecule has 0 aliphatic carbocycles. The van der Waals surface area contributed by atoms with E-state index in [9.17, 15) is 24.3 Å². The van der Waals surface area contributed by atoms with Crippen LogP contribution in [0, 0.1) is 5.92 Å². The molecule has 0 bridgehead atoms. The number of aromatic amines is 2. The van der Waals surface area contributed by atoms with Crippen molar-refractivity contribution in [1.29, 1.82) is 0 Å². The third kappa shape index (κ3) is 32.8. The van der Waals surface area contributed by atoms with Crippen molar-refractivity contribution in [3.8, 4) is 0 Å². The van der Waals surface area contributed by atoms with E-state index in [0.29, 0.717) is 90.7 Å². The summed E-state index contributed by atoms with van der Waals surface area (Å²) < 4.78 is 0. The number of fused-ring (bicyclic) bond motifs is 4. The number of rotatable bonds is 35. The Morgan fingerprint density at radius 3 is 1.07 bits per heavy atom. The molecule has 714 valence electrons. The summed E-state index contributed by atoms with van der Waals surface area (Å²) in [5.41, 5.74) is 55.2. The number of benzene rings is 2. The molecule has 7 rings (SSSR count). The van der Waals surface area contributed by atoms with Crippen molar-refractivity contribution >= 4 is 116 Å². The van der Waals surface area contributed by atoms with Crippen LogP contribution >= 0.6 is 0 Å². The summed E-state index contributed by atoms with van der Waals surface area (Å²) >= 11 is 0. The Labute approximate surface area is 752 Å². The van der Waals surface area contributed by atoms with Crippen LogP contribution in [0.15, 0.2) is 70.9 Å². The van der Waals surface area contributed by atoms with Crippen molar-refractivity contribution in [2.45, 2.75) is 285 Å². The molecular formula is C87H141N27O15. The summed E-state index contributed by atoms with van der Waals surface area (Å²) in [7, 11) is 0. The SMILES string of the molecule is CC(C)C[C@@H]1NC(=O)[C@H](Cc2c[nH]c3ccccc23)NC(=O)[C@H]([C@@H](C)O)NC(=O)[C@@H]2CCCN2C(=O)[C@H]2CCCN2C(=O)[C@H](CCCCN)NC(=O)[C@H](C)NC(=O)[C@H](CCCCN)NC(=O)[C@H](CCCCN)NC(=O)[C@H](Cc2c[nH]c3ccccc23)NC(=O)[C@H](CCCN=C(N)N)NC(=O)[C@H](CCCN=C(N)N)NC(=O)[C@H](CCCCN)NC(=O)[C@H](CCCCN)NC1=O. The molecular weight excluding hydrogens is 1660 g/mol. The summed E-state index contributed by atoms with van der Waals surface area (Å²) in [6.07, 6.45) is 5.11. The van der Waals surface area contributed by atoms with E-state index in [0.717, 1.165) is 0 Å². The zero-order valence-electron chi connectivity index (χ0n) is 74.9. The van der Waals surface area contributed by atoms with Crippen molar-refractivity contribution in [2.24, 2.45) is 67.5 Å². The lowest BCUT2D eigenvalue weighted by Crippen LogP contribution is -2.62. The number of aliphatic imine (C=N–C) groups is 2. The van der Waals surface area contributed by atoms with Gasteiger partial charge in [-0.25, -0.2) is 0 Å². The van der Waals surface area contributed by atoms with Crippen LogP contribution in [-0.2, 0) is 80.0 Å². The summed E-state index contributed by atoms with van der Waals surface area (Å²) in [5, 5.41) is 46.1. The van der Waals surface area contributed by atoms with Gasteiger partial charge in [0, 0.05) is 73.2 Å². The highest BCUT2D eigenvalue weighted by Crippen LogP contribution is 2.28. The normalized spacial score (nSPS) is 24.6. The molecule has 42 heteroatoms. The molecule has 0 saturated carbocycles. The number of hydrogen-bond acceptors (Lipinski definition) is 22. The van der Waals surface area contributed by atoms with Gasteiger partial charge in [0.2, 0.25) is 82.7 Å². The van der Waals surface area contributed by atoms with Crippen LogP contribution in [0.3, 0.4) is 0 Å². The molecule has 0 radical (unpaired) electrons. The molecule has 14 amide bonds. The van der Waals surface area contributed by atoms with Gasteiger partial charge in [-0.05, 0) is 230 Å². The predicted octanol–water partition coefficient (Wildman–Crippen LogP) is -3.55. The Balaban J connectivity index is 1.33. The number of unbranched alkanes of at least 4 members (excludes halogenated alkanes) is 5. The molecule has 5 heterocycles. The topological polar surface area (TPSA) is 701 Å². The minimum Gasteiger partial charge on any atom is -0.391 e. The average molecular weight is 1810 g/mol. The van der Waals surface area contributed by atoms with E-state index in [1.165, 1.54) is 23.6 Å². The number of aromatic nitrogens is 2. The first-order valence-corrected chi connectivity index (χ1v) is 45.5. The molecule has 42 nitrogen and oxygen atoms in total. The summed E-state index contributed by atoms with van der Waals surface area (Å²) in [4.78, 5) is 228. The largest absolute Gasteiger partial charge is 0.391 e. The fourth-order valence-electron chi connectivity index (χ4n) is 16.3.